The molecule has 5 rings (SSSR count). The summed E-state index contributed by atoms with van der Waals surface area (Å²) in [4.78, 5) is 39.9. The number of hydrogen-bond donors (Lipinski definition) is 1. The number of amides is 1. The first kappa shape index (κ1) is 39.6. The van der Waals surface area contributed by atoms with E-state index in [1.54, 1.807) is 25.9 Å². The molecule has 0 radical (unpaired) electrons. The van der Waals surface area contributed by atoms with E-state index in [1.807, 2.05) is 6.07 Å². The molecule has 0 bridgehead atoms. The minimum atomic E-state index is -6.38. The zero-order valence-corrected chi connectivity index (χ0v) is 29.1. The number of nitrogens with zero attached hydrogens (tertiary/aromatic N) is 5. The Morgan fingerprint density at radius 2 is 1.68 bits per heavy atom. The first-order valence-electron chi connectivity index (χ1n) is 15.7. The van der Waals surface area contributed by atoms with Crippen LogP contribution in [-0.2, 0) is 31.1 Å². The normalized spacial score (nSPS) is 18.2. The van der Waals surface area contributed by atoms with E-state index in [2.05, 4.69) is 5.10 Å². The molecule has 0 unspecified atom stereocenters. The van der Waals surface area contributed by atoms with Crippen LogP contribution in [0.5, 0.6) is 0 Å². The van der Waals surface area contributed by atoms with Gasteiger partial charge in [0.05, 0.1) is 16.7 Å². The van der Waals surface area contributed by atoms with Gasteiger partial charge in [0.15, 0.2) is 18.2 Å². The average molecular weight is 783 g/mol. The standard InChI is InChI=1S/C32H31ClF8N6O6/c1-27(2,3)53-25(49)28(7-8-28)15-51-26(50)52-16-46(29(14-42)9-10-29)24(48)19-11-17(5-6-20(19)33)18-12-45(4)47(13-18)23-21(31(36,37)38)22(43-44-23)30(34,35)32(39,40)41/h5-6,11,13H,7-10,12,15-16H2,1-4H3,(H,43,44). The molecule has 0 spiro atoms. The molecule has 288 valence electrons. The van der Waals surface area contributed by atoms with Gasteiger partial charge in [-0.25, -0.2) is 9.80 Å². The molecule has 2 fully saturated rings. The number of halogens is 9. The smallest absolute Gasteiger partial charge is 0.459 e. The monoisotopic (exact) mass is 782 g/mol. The highest BCUT2D eigenvalue weighted by Gasteiger charge is 2.64. The van der Waals surface area contributed by atoms with Gasteiger partial charge in [0.25, 0.3) is 5.91 Å². The van der Waals surface area contributed by atoms with Crippen LogP contribution in [0, 0.1) is 16.7 Å². The van der Waals surface area contributed by atoms with Crippen LogP contribution in [0.3, 0.4) is 0 Å². The molecule has 2 saturated carbocycles. The van der Waals surface area contributed by atoms with Crippen LogP contribution < -0.4 is 5.01 Å². The summed E-state index contributed by atoms with van der Waals surface area (Å²) in [5, 5.41) is 15.8. The van der Waals surface area contributed by atoms with Crippen LogP contribution in [0.2, 0.25) is 5.02 Å². The maximum Gasteiger partial charge on any atom is 0.510 e. The minimum absolute atomic E-state index is 0.135. The molecule has 1 aromatic heterocycles. The molecule has 1 aliphatic heterocycles. The van der Waals surface area contributed by atoms with E-state index < -0.39 is 76.7 Å². The Morgan fingerprint density at radius 1 is 1.04 bits per heavy atom. The van der Waals surface area contributed by atoms with Crippen molar-refractivity contribution in [3.05, 3.63) is 51.8 Å². The van der Waals surface area contributed by atoms with Gasteiger partial charge < -0.3 is 14.2 Å². The van der Waals surface area contributed by atoms with E-state index in [0.717, 1.165) is 16.1 Å². The molecule has 21 heteroatoms. The van der Waals surface area contributed by atoms with E-state index in [9.17, 15) is 54.8 Å². The summed E-state index contributed by atoms with van der Waals surface area (Å²) in [6, 6.07) is 5.87. The number of nitrogens with one attached hydrogen (secondary N) is 1. The molecule has 53 heavy (non-hydrogen) atoms. The largest absolute Gasteiger partial charge is 0.510 e. The van der Waals surface area contributed by atoms with Crippen LogP contribution in [0.25, 0.3) is 5.57 Å². The number of H-pyrrole nitrogens is 1. The topological polar surface area (TPSA) is 141 Å². The molecule has 2 heterocycles. The number of carbonyl (C=O) groups excluding carboxylic acids is 3. The third kappa shape index (κ3) is 7.86. The van der Waals surface area contributed by atoms with Crippen molar-refractivity contribution >= 4 is 41.0 Å². The average Bonchev–Trinajstić information content (AvgIpc) is 3.93. The predicted molar refractivity (Wildman–Crippen MR) is 167 cm³/mol. The highest BCUT2D eigenvalue weighted by Crippen LogP contribution is 2.51. The van der Waals surface area contributed by atoms with E-state index in [-0.39, 0.29) is 47.7 Å². The molecule has 1 aromatic carbocycles. The molecule has 1 amide bonds. The number of carbonyl (C=O) groups is 3. The van der Waals surface area contributed by atoms with Crippen LogP contribution in [-0.4, -0.2) is 82.4 Å². The zero-order chi connectivity index (χ0) is 39.5. The second-order valence-electron chi connectivity index (χ2n) is 13.8. The Kier molecular flexibility index (Phi) is 9.96. The molecule has 3 aliphatic rings. The lowest BCUT2D eigenvalue weighted by atomic mass is 10.0. The molecule has 12 nitrogen and oxygen atoms in total. The maximum atomic E-state index is 14.1. The lowest BCUT2D eigenvalue weighted by molar-refractivity contribution is -0.292. The molecule has 0 atom stereocenters. The number of hydrazine groups is 1. The lowest BCUT2D eigenvalue weighted by Crippen LogP contribution is -2.43. The Hall–Kier alpha value is -4.64. The van der Waals surface area contributed by atoms with Gasteiger partial charge in [0.2, 0.25) is 0 Å². The molecular formula is C32H31ClF8N6O6. The SMILES string of the molecule is CN1CC(c2ccc(Cl)c(C(=O)N(COC(=O)OCC3(C(=O)OC(C)(C)C)CC3)C3(C#N)CC3)c2)=CN1c1[nH]nc(C(F)(F)C(F)(F)F)c1C(F)(F)F. The lowest BCUT2D eigenvalue weighted by Gasteiger charge is -2.27. The van der Waals surface area contributed by atoms with E-state index in [0.29, 0.717) is 17.9 Å². The number of aromatic nitrogens is 2. The van der Waals surface area contributed by atoms with Gasteiger partial charge in [-0.15, -0.1) is 0 Å². The Balaban J connectivity index is 1.37. The van der Waals surface area contributed by atoms with Crippen molar-refractivity contribution in [1.29, 1.82) is 5.26 Å². The van der Waals surface area contributed by atoms with Gasteiger partial charge in [-0.2, -0.15) is 45.5 Å². The Labute approximate surface area is 301 Å². The van der Waals surface area contributed by atoms with E-state index >= 15 is 0 Å². The van der Waals surface area contributed by atoms with Crippen LogP contribution in [0.1, 0.15) is 73.6 Å². The van der Waals surface area contributed by atoms with Crippen LogP contribution in [0.4, 0.5) is 45.7 Å². The van der Waals surface area contributed by atoms with E-state index in [1.165, 1.54) is 25.2 Å². The van der Waals surface area contributed by atoms with Crippen molar-refractivity contribution in [2.75, 3.05) is 31.9 Å². The van der Waals surface area contributed by atoms with Gasteiger partial charge in [0, 0.05) is 19.8 Å². The molecule has 0 saturated heterocycles. The summed E-state index contributed by atoms with van der Waals surface area (Å²) in [5.74, 6) is -8.60. The van der Waals surface area contributed by atoms with Crippen molar-refractivity contribution in [3.8, 4) is 6.07 Å². The first-order valence-corrected chi connectivity index (χ1v) is 16.1. The van der Waals surface area contributed by atoms with Gasteiger partial charge in [-0.3, -0.25) is 24.6 Å². The van der Waals surface area contributed by atoms with Gasteiger partial charge in [-0.05, 0) is 69.7 Å². The zero-order valence-electron chi connectivity index (χ0n) is 28.3. The number of ether oxygens (including phenoxy) is 3. The third-order valence-electron chi connectivity index (χ3n) is 8.68. The van der Waals surface area contributed by atoms with Crippen molar-refractivity contribution in [1.82, 2.24) is 20.1 Å². The number of alkyl halides is 8. The summed E-state index contributed by atoms with van der Waals surface area (Å²) < 4.78 is 125. The van der Waals surface area contributed by atoms with Gasteiger partial charge in [0.1, 0.15) is 28.7 Å². The van der Waals surface area contributed by atoms with Gasteiger partial charge >= 0.3 is 30.4 Å². The quantitative estimate of drug-likeness (QED) is 0.150. The van der Waals surface area contributed by atoms with E-state index in [4.69, 9.17) is 25.8 Å². The van der Waals surface area contributed by atoms with Crippen molar-refractivity contribution < 1.29 is 63.7 Å². The summed E-state index contributed by atoms with van der Waals surface area (Å²) in [5.41, 5.74) is -7.98. The fourth-order valence-corrected chi connectivity index (χ4v) is 5.61. The predicted octanol–water partition coefficient (Wildman–Crippen LogP) is 7.17. The molecule has 2 aromatic rings. The number of hydrogen-bond acceptors (Lipinski definition) is 10. The highest BCUT2D eigenvalue weighted by molar-refractivity contribution is 6.34. The van der Waals surface area contributed by atoms with Crippen molar-refractivity contribution in [2.24, 2.45) is 5.41 Å². The molecular weight excluding hydrogens is 752 g/mol. The second-order valence-corrected chi connectivity index (χ2v) is 14.3. The number of nitriles is 1. The maximum absolute atomic E-state index is 14.1. The summed E-state index contributed by atoms with van der Waals surface area (Å²) in [6.07, 6.45) is -11.1. The van der Waals surface area contributed by atoms with Crippen molar-refractivity contribution in [3.63, 3.8) is 0 Å². The number of rotatable bonds is 10. The first-order chi connectivity index (χ1) is 24.4. The molecule has 2 aliphatic carbocycles. The minimum Gasteiger partial charge on any atom is -0.459 e. The van der Waals surface area contributed by atoms with Gasteiger partial charge in [-0.1, -0.05) is 17.7 Å². The number of benzene rings is 1. The number of anilines is 1. The number of likely N-dealkylation sites (N-methyl/N-ethyl adjacent to an activating group) is 1. The number of aromatic amines is 1. The van der Waals surface area contributed by atoms with Crippen LogP contribution in [0.15, 0.2) is 24.4 Å². The summed E-state index contributed by atoms with van der Waals surface area (Å²) in [7, 11) is 1.22. The number of esters is 1. The fourth-order valence-electron chi connectivity index (χ4n) is 5.41. The summed E-state index contributed by atoms with van der Waals surface area (Å²) >= 11 is 6.36. The highest BCUT2D eigenvalue weighted by atomic mass is 35.5. The molecule has 1 N–H and O–H groups in total. The fraction of sp³-hybridized carbons (Fsp3) is 0.531. The summed E-state index contributed by atoms with van der Waals surface area (Å²) in [6.45, 7) is 3.71. The third-order valence-corrected chi connectivity index (χ3v) is 9.01. The Bertz CT molecular complexity index is 1870. The second kappa shape index (κ2) is 13.3. The Morgan fingerprint density at radius 3 is 2.21 bits per heavy atom. The van der Waals surface area contributed by atoms with Crippen molar-refractivity contribution in [2.45, 2.75) is 75.9 Å². The van der Waals surface area contributed by atoms with Crippen LogP contribution >= 0.6 is 11.6 Å².